The van der Waals surface area contributed by atoms with Crippen LogP contribution in [0.4, 0.5) is 15.0 Å². The van der Waals surface area contributed by atoms with E-state index < -0.39 is 11.7 Å². The lowest BCUT2D eigenvalue weighted by Crippen LogP contribution is -2.48. The molecular weight excluding hydrogens is 371 g/mol. The summed E-state index contributed by atoms with van der Waals surface area (Å²) in [6.07, 6.45) is 0.364. The van der Waals surface area contributed by atoms with Crippen LogP contribution in [0.25, 0.3) is 11.3 Å². The molecule has 5 nitrogen and oxygen atoms in total. The first-order valence-electron chi connectivity index (χ1n) is 9.51. The van der Waals surface area contributed by atoms with Gasteiger partial charge in [-0.05, 0) is 42.0 Å². The summed E-state index contributed by atoms with van der Waals surface area (Å²) in [6.45, 7) is 0.327. The highest BCUT2D eigenvalue weighted by molar-refractivity contribution is 5.88. The Morgan fingerprint density at radius 3 is 2.48 bits per heavy atom. The number of amides is 1. The SMILES string of the molecule is O=C1O[C@](CCO)(c2ccccc2)CCN1c1cccc(-c2ccc(F)cc2)n1. The van der Waals surface area contributed by atoms with E-state index in [4.69, 9.17) is 4.74 Å². The average Bonchev–Trinajstić information content (AvgIpc) is 2.75. The Hall–Kier alpha value is -3.25. The molecule has 1 amide bonds. The smallest absolute Gasteiger partial charge is 0.416 e. The molecule has 0 aliphatic carbocycles. The lowest BCUT2D eigenvalue weighted by molar-refractivity contribution is -0.0259. The van der Waals surface area contributed by atoms with Crippen molar-refractivity contribution in [3.8, 4) is 11.3 Å². The molecule has 1 saturated heterocycles. The molecule has 0 spiro atoms. The van der Waals surface area contributed by atoms with Gasteiger partial charge in [-0.15, -0.1) is 0 Å². The molecule has 2 heterocycles. The van der Waals surface area contributed by atoms with Crippen LogP contribution in [0.2, 0.25) is 0 Å². The van der Waals surface area contributed by atoms with Gasteiger partial charge in [0, 0.05) is 31.6 Å². The number of pyridine rings is 1. The molecule has 0 radical (unpaired) electrons. The van der Waals surface area contributed by atoms with Crippen molar-refractivity contribution >= 4 is 11.9 Å². The highest BCUT2D eigenvalue weighted by atomic mass is 19.1. The van der Waals surface area contributed by atoms with Crippen LogP contribution in [-0.2, 0) is 10.3 Å². The van der Waals surface area contributed by atoms with Gasteiger partial charge < -0.3 is 9.84 Å². The molecule has 6 heteroatoms. The molecule has 1 aliphatic rings. The fourth-order valence-corrected chi connectivity index (χ4v) is 3.67. The standard InChI is InChI=1S/C23H21FN2O3/c24-19-11-9-17(10-12-19)20-7-4-8-21(25-20)26-15-13-23(14-16-27,29-22(26)28)18-5-2-1-3-6-18/h1-12,27H,13-16H2/t23-/m1/s1. The van der Waals surface area contributed by atoms with E-state index in [1.54, 1.807) is 24.3 Å². The lowest BCUT2D eigenvalue weighted by Gasteiger charge is -2.41. The number of carbonyl (C=O) groups excluding carboxylic acids is 1. The van der Waals surface area contributed by atoms with Gasteiger partial charge in [-0.1, -0.05) is 36.4 Å². The predicted octanol–water partition coefficient (Wildman–Crippen LogP) is 4.51. The van der Waals surface area contributed by atoms with E-state index in [0.717, 1.165) is 11.1 Å². The zero-order valence-corrected chi connectivity index (χ0v) is 15.8. The van der Waals surface area contributed by atoms with Crippen LogP contribution < -0.4 is 4.90 Å². The molecular formula is C23H21FN2O3. The number of hydrogen-bond acceptors (Lipinski definition) is 4. The summed E-state index contributed by atoms with van der Waals surface area (Å²) in [5.41, 5.74) is 1.43. The van der Waals surface area contributed by atoms with Crippen molar-refractivity contribution in [1.29, 1.82) is 0 Å². The topological polar surface area (TPSA) is 62.7 Å². The molecule has 1 atom stereocenters. The molecule has 29 heavy (non-hydrogen) atoms. The summed E-state index contributed by atoms with van der Waals surface area (Å²) >= 11 is 0. The summed E-state index contributed by atoms with van der Waals surface area (Å²) in [6, 6.07) is 20.9. The van der Waals surface area contributed by atoms with Crippen LogP contribution in [0.1, 0.15) is 18.4 Å². The molecule has 1 fully saturated rings. The first-order valence-corrected chi connectivity index (χ1v) is 9.51. The van der Waals surface area contributed by atoms with Gasteiger partial charge in [-0.2, -0.15) is 0 Å². The molecule has 2 aromatic carbocycles. The van der Waals surface area contributed by atoms with Crippen molar-refractivity contribution in [2.24, 2.45) is 0 Å². The molecule has 1 aliphatic heterocycles. The van der Waals surface area contributed by atoms with E-state index in [0.29, 0.717) is 30.9 Å². The predicted molar refractivity (Wildman–Crippen MR) is 108 cm³/mol. The Bertz CT molecular complexity index is 995. The molecule has 0 bridgehead atoms. The third-order valence-corrected chi connectivity index (χ3v) is 5.21. The number of anilines is 1. The molecule has 1 N–H and O–H groups in total. The second-order valence-electron chi connectivity index (χ2n) is 6.99. The average molecular weight is 392 g/mol. The van der Waals surface area contributed by atoms with E-state index in [-0.39, 0.29) is 12.4 Å². The maximum Gasteiger partial charge on any atom is 0.416 e. The number of aromatic nitrogens is 1. The minimum Gasteiger partial charge on any atom is -0.437 e. The molecule has 4 rings (SSSR count). The van der Waals surface area contributed by atoms with Gasteiger partial charge in [-0.25, -0.2) is 14.2 Å². The van der Waals surface area contributed by atoms with Crippen LogP contribution >= 0.6 is 0 Å². The molecule has 0 unspecified atom stereocenters. The van der Waals surface area contributed by atoms with Gasteiger partial charge in [0.15, 0.2) is 0 Å². The van der Waals surface area contributed by atoms with Crippen molar-refractivity contribution in [2.45, 2.75) is 18.4 Å². The number of benzene rings is 2. The number of carbonyl (C=O) groups is 1. The maximum atomic E-state index is 13.2. The van der Waals surface area contributed by atoms with Gasteiger partial charge in [-0.3, -0.25) is 4.90 Å². The zero-order chi connectivity index (χ0) is 20.3. The second kappa shape index (κ2) is 8.01. The van der Waals surface area contributed by atoms with Crippen molar-refractivity contribution in [1.82, 2.24) is 4.98 Å². The Morgan fingerprint density at radius 2 is 1.79 bits per heavy atom. The van der Waals surface area contributed by atoms with E-state index in [9.17, 15) is 14.3 Å². The number of cyclic esters (lactones) is 1. The zero-order valence-electron chi connectivity index (χ0n) is 15.8. The van der Waals surface area contributed by atoms with Gasteiger partial charge in [0.05, 0.1) is 5.69 Å². The van der Waals surface area contributed by atoms with Crippen molar-refractivity contribution in [2.75, 3.05) is 18.1 Å². The molecule has 3 aromatic rings. The number of aliphatic hydroxyl groups is 1. The van der Waals surface area contributed by atoms with Crippen molar-refractivity contribution < 1.29 is 19.0 Å². The Kier molecular flexibility index (Phi) is 5.27. The minimum atomic E-state index is -0.849. The molecule has 0 saturated carbocycles. The lowest BCUT2D eigenvalue weighted by atomic mass is 9.86. The second-order valence-corrected chi connectivity index (χ2v) is 6.99. The van der Waals surface area contributed by atoms with Crippen molar-refractivity contribution in [3.63, 3.8) is 0 Å². The van der Waals surface area contributed by atoms with Crippen LogP contribution in [0.5, 0.6) is 0 Å². The number of ether oxygens (including phenoxy) is 1. The quantitative estimate of drug-likeness (QED) is 0.694. The van der Waals surface area contributed by atoms with Crippen molar-refractivity contribution in [3.05, 3.63) is 84.2 Å². The first kappa shape index (κ1) is 19.1. The normalized spacial score (nSPS) is 19.1. The fourth-order valence-electron chi connectivity index (χ4n) is 3.67. The number of aliphatic hydroxyl groups excluding tert-OH is 1. The highest BCUT2D eigenvalue weighted by Gasteiger charge is 2.42. The van der Waals surface area contributed by atoms with Gasteiger partial charge >= 0.3 is 6.09 Å². The third-order valence-electron chi connectivity index (χ3n) is 5.21. The first-order chi connectivity index (χ1) is 14.1. The van der Waals surface area contributed by atoms with Crippen LogP contribution in [0.3, 0.4) is 0 Å². The van der Waals surface area contributed by atoms with Gasteiger partial charge in [0.1, 0.15) is 17.2 Å². The van der Waals surface area contributed by atoms with Crippen LogP contribution in [0, 0.1) is 5.82 Å². The monoisotopic (exact) mass is 392 g/mol. The summed E-state index contributed by atoms with van der Waals surface area (Å²) in [4.78, 5) is 18.9. The number of rotatable bonds is 5. The summed E-state index contributed by atoms with van der Waals surface area (Å²) < 4.78 is 19.1. The van der Waals surface area contributed by atoms with E-state index in [2.05, 4.69) is 4.98 Å². The summed E-state index contributed by atoms with van der Waals surface area (Å²) in [7, 11) is 0. The maximum absolute atomic E-state index is 13.2. The number of halogens is 1. The number of nitrogens with zero attached hydrogens (tertiary/aromatic N) is 2. The Labute approximate surface area is 168 Å². The fraction of sp³-hybridized carbons (Fsp3) is 0.217. The van der Waals surface area contributed by atoms with Gasteiger partial charge in [0.25, 0.3) is 0 Å². The molecule has 148 valence electrons. The van der Waals surface area contributed by atoms with Crippen LogP contribution in [0.15, 0.2) is 72.8 Å². The minimum absolute atomic E-state index is 0.0829. The van der Waals surface area contributed by atoms with Gasteiger partial charge in [0.2, 0.25) is 0 Å². The Morgan fingerprint density at radius 1 is 1.03 bits per heavy atom. The van der Waals surface area contributed by atoms with Crippen LogP contribution in [-0.4, -0.2) is 29.3 Å². The molecule has 1 aromatic heterocycles. The van der Waals surface area contributed by atoms with E-state index in [1.807, 2.05) is 36.4 Å². The summed E-state index contributed by atoms with van der Waals surface area (Å²) in [5.74, 6) is 0.160. The largest absolute Gasteiger partial charge is 0.437 e. The third kappa shape index (κ3) is 3.84. The van der Waals surface area contributed by atoms with E-state index >= 15 is 0 Å². The summed E-state index contributed by atoms with van der Waals surface area (Å²) in [5, 5.41) is 9.55. The van der Waals surface area contributed by atoms with E-state index in [1.165, 1.54) is 17.0 Å². The Balaban J connectivity index is 1.60. The highest BCUT2D eigenvalue weighted by Crippen LogP contribution is 2.38. The number of hydrogen-bond donors (Lipinski definition) is 1.